The molecule has 1 aromatic rings. The highest BCUT2D eigenvalue weighted by molar-refractivity contribution is 6.31. The third-order valence-electron chi connectivity index (χ3n) is 2.61. The lowest BCUT2D eigenvalue weighted by atomic mass is 10.1. The fourth-order valence-corrected chi connectivity index (χ4v) is 1.78. The van der Waals surface area contributed by atoms with E-state index < -0.39 is 0 Å². The molecule has 0 bridgehead atoms. The molecule has 0 saturated heterocycles. The van der Waals surface area contributed by atoms with Crippen molar-refractivity contribution in [2.24, 2.45) is 5.92 Å². The molecular formula is C13H17ClN2O. The number of nitrogens with zero attached hydrogens (tertiary/aromatic N) is 1. The van der Waals surface area contributed by atoms with Gasteiger partial charge in [-0.2, -0.15) is 5.26 Å². The van der Waals surface area contributed by atoms with Gasteiger partial charge in [0.2, 0.25) is 0 Å². The summed E-state index contributed by atoms with van der Waals surface area (Å²) >= 11 is 6.05. The molecule has 92 valence electrons. The molecule has 1 aromatic carbocycles. The Labute approximate surface area is 107 Å². The van der Waals surface area contributed by atoms with Crippen molar-refractivity contribution >= 4 is 11.6 Å². The monoisotopic (exact) mass is 252 g/mol. The highest BCUT2D eigenvalue weighted by Gasteiger charge is 2.04. The first-order valence-electron chi connectivity index (χ1n) is 5.67. The normalized spacial score (nSPS) is 12.1. The minimum atomic E-state index is 0.223. The maximum atomic E-state index is 8.78. The van der Waals surface area contributed by atoms with Crippen LogP contribution in [0.15, 0.2) is 18.2 Å². The second-order valence-corrected chi connectivity index (χ2v) is 4.57. The number of hydrogen-bond acceptors (Lipinski definition) is 3. The molecule has 17 heavy (non-hydrogen) atoms. The molecule has 1 atom stereocenters. The molecule has 1 unspecified atom stereocenters. The Morgan fingerprint density at radius 3 is 2.88 bits per heavy atom. The van der Waals surface area contributed by atoms with Crippen molar-refractivity contribution in [3.05, 3.63) is 34.3 Å². The molecule has 3 nitrogen and oxygen atoms in total. The number of aliphatic hydroxyl groups excluding tert-OH is 1. The zero-order chi connectivity index (χ0) is 12.7. The number of aliphatic hydroxyl groups is 1. The molecule has 2 N–H and O–H groups in total. The molecule has 0 aliphatic rings. The van der Waals surface area contributed by atoms with E-state index in [0.717, 1.165) is 18.5 Å². The SMILES string of the molecule is CC(CCO)CNCc1ccc(C#N)cc1Cl. The van der Waals surface area contributed by atoms with Crippen LogP contribution < -0.4 is 5.32 Å². The number of nitriles is 1. The molecular weight excluding hydrogens is 236 g/mol. The minimum absolute atomic E-state index is 0.223. The molecule has 0 heterocycles. The Bertz CT molecular complexity index is 401. The summed E-state index contributed by atoms with van der Waals surface area (Å²) in [7, 11) is 0. The van der Waals surface area contributed by atoms with Gasteiger partial charge in [-0.15, -0.1) is 0 Å². The van der Waals surface area contributed by atoms with Gasteiger partial charge in [-0.25, -0.2) is 0 Å². The van der Waals surface area contributed by atoms with Crippen LogP contribution in [0.4, 0.5) is 0 Å². The summed E-state index contributed by atoms with van der Waals surface area (Å²) in [5, 5.41) is 21.4. The topological polar surface area (TPSA) is 56.0 Å². The van der Waals surface area contributed by atoms with E-state index in [-0.39, 0.29) is 6.61 Å². The third-order valence-corrected chi connectivity index (χ3v) is 2.96. The molecule has 4 heteroatoms. The van der Waals surface area contributed by atoms with Gasteiger partial charge in [0.25, 0.3) is 0 Å². The van der Waals surface area contributed by atoms with E-state index in [1.807, 2.05) is 6.07 Å². The van der Waals surface area contributed by atoms with Crippen molar-refractivity contribution in [3.8, 4) is 6.07 Å². The van der Waals surface area contributed by atoms with Crippen LogP contribution in [0, 0.1) is 17.2 Å². The summed E-state index contributed by atoms with van der Waals surface area (Å²) in [5.41, 5.74) is 1.56. The van der Waals surface area contributed by atoms with Gasteiger partial charge in [-0.05, 0) is 36.6 Å². The van der Waals surface area contributed by atoms with Gasteiger partial charge < -0.3 is 10.4 Å². The maximum absolute atomic E-state index is 8.78. The third kappa shape index (κ3) is 4.74. The summed E-state index contributed by atoms with van der Waals surface area (Å²) in [6.45, 7) is 3.83. The van der Waals surface area contributed by atoms with Gasteiger partial charge in [-0.3, -0.25) is 0 Å². The number of rotatable bonds is 6. The van der Waals surface area contributed by atoms with Crippen LogP contribution in [-0.4, -0.2) is 18.3 Å². The fraction of sp³-hybridized carbons (Fsp3) is 0.462. The first kappa shape index (κ1) is 14.0. The molecule has 0 fully saturated rings. The number of nitrogens with one attached hydrogen (secondary N) is 1. The van der Waals surface area contributed by atoms with Crippen molar-refractivity contribution in [1.82, 2.24) is 5.32 Å². The lowest BCUT2D eigenvalue weighted by Gasteiger charge is -2.11. The van der Waals surface area contributed by atoms with E-state index in [1.165, 1.54) is 0 Å². The van der Waals surface area contributed by atoms with Crippen LogP contribution in [0.2, 0.25) is 5.02 Å². The average Bonchev–Trinajstić information content (AvgIpc) is 2.31. The summed E-state index contributed by atoms with van der Waals surface area (Å²) in [6.07, 6.45) is 0.800. The van der Waals surface area contributed by atoms with E-state index in [0.29, 0.717) is 23.0 Å². The molecule has 0 spiro atoms. The van der Waals surface area contributed by atoms with E-state index >= 15 is 0 Å². The van der Waals surface area contributed by atoms with E-state index in [9.17, 15) is 0 Å². The summed E-state index contributed by atoms with van der Waals surface area (Å²) in [4.78, 5) is 0. The van der Waals surface area contributed by atoms with Crippen molar-refractivity contribution in [3.63, 3.8) is 0 Å². The van der Waals surface area contributed by atoms with E-state index in [4.69, 9.17) is 22.0 Å². The lowest BCUT2D eigenvalue weighted by molar-refractivity contribution is 0.260. The summed E-state index contributed by atoms with van der Waals surface area (Å²) < 4.78 is 0. The summed E-state index contributed by atoms with van der Waals surface area (Å²) in [5.74, 6) is 0.442. The van der Waals surface area contributed by atoms with Crippen molar-refractivity contribution < 1.29 is 5.11 Å². The minimum Gasteiger partial charge on any atom is -0.396 e. The van der Waals surface area contributed by atoms with Crippen molar-refractivity contribution in [2.45, 2.75) is 19.9 Å². The van der Waals surface area contributed by atoms with Crippen LogP contribution in [0.25, 0.3) is 0 Å². The number of hydrogen-bond donors (Lipinski definition) is 2. The second kappa shape index (κ2) is 7.29. The van der Waals surface area contributed by atoms with Gasteiger partial charge >= 0.3 is 0 Å². The van der Waals surface area contributed by atoms with Gasteiger partial charge in [0.1, 0.15) is 0 Å². The molecule has 0 aliphatic carbocycles. The Kier molecular flexibility index (Phi) is 5.99. The summed E-state index contributed by atoms with van der Waals surface area (Å²) in [6, 6.07) is 7.36. The highest BCUT2D eigenvalue weighted by Crippen LogP contribution is 2.17. The largest absolute Gasteiger partial charge is 0.396 e. The molecule has 0 radical (unpaired) electrons. The van der Waals surface area contributed by atoms with Crippen LogP contribution in [-0.2, 0) is 6.54 Å². The predicted molar refractivity (Wildman–Crippen MR) is 68.7 cm³/mol. The molecule has 1 rings (SSSR count). The average molecular weight is 253 g/mol. The Hall–Kier alpha value is -1.08. The number of benzene rings is 1. The van der Waals surface area contributed by atoms with Crippen molar-refractivity contribution in [1.29, 1.82) is 5.26 Å². The first-order chi connectivity index (χ1) is 8.17. The standard InChI is InChI=1S/C13H17ClN2O/c1-10(4-5-17)8-16-9-12-3-2-11(7-15)6-13(12)14/h2-3,6,10,16-17H,4-5,8-9H2,1H3. The van der Waals surface area contributed by atoms with E-state index in [1.54, 1.807) is 12.1 Å². The van der Waals surface area contributed by atoms with E-state index in [2.05, 4.69) is 18.3 Å². The predicted octanol–water partition coefficient (Wildman–Crippen LogP) is 2.32. The van der Waals surface area contributed by atoms with Crippen LogP contribution in [0.5, 0.6) is 0 Å². The molecule has 0 amide bonds. The van der Waals surface area contributed by atoms with Crippen molar-refractivity contribution in [2.75, 3.05) is 13.2 Å². The van der Waals surface area contributed by atoms with Gasteiger partial charge in [0.05, 0.1) is 11.6 Å². The van der Waals surface area contributed by atoms with Gasteiger partial charge in [0, 0.05) is 18.2 Å². The van der Waals surface area contributed by atoms with Gasteiger partial charge in [0.15, 0.2) is 0 Å². The quantitative estimate of drug-likeness (QED) is 0.817. The Morgan fingerprint density at radius 1 is 1.53 bits per heavy atom. The lowest BCUT2D eigenvalue weighted by Crippen LogP contribution is -2.21. The Balaban J connectivity index is 2.45. The zero-order valence-electron chi connectivity index (χ0n) is 9.91. The Morgan fingerprint density at radius 2 is 2.29 bits per heavy atom. The molecule has 0 aromatic heterocycles. The molecule has 0 aliphatic heterocycles. The smallest absolute Gasteiger partial charge is 0.0992 e. The molecule has 0 saturated carbocycles. The zero-order valence-corrected chi connectivity index (χ0v) is 10.7. The van der Waals surface area contributed by atoms with Crippen LogP contribution in [0.1, 0.15) is 24.5 Å². The first-order valence-corrected chi connectivity index (χ1v) is 6.05. The highest BCUT2D eigenvalue weighted by atomic mass is 35.5. The maximum Gasteiger partial charge on any atom is 0.0992 e. The van der Waals surface area contributed by atoms with Gasteiger partial charge in [-0.1, -0.05) is 24.6 Å². The number of halogens is 1. The van der Waals surface area contributed by atoms with Crippen LogP contribution in [0.3, 0.4) is 0 Å². The second-order valence-electron chi connectivity index (χ2n) is 4.17. The fourth-order valence-electron chi connectivity index (χ4n) is 1.54. The van der Waals surface area contributed by atoms with Crippen LogP contribution >= 0.6 is 11.6 Å².